The normalized spacial score (nSPS) is 20.9. The monoisotopic (exact) mass is 445 g/mol. The molecule has 3 aromatic rings. The number of likely N-dealkylation sites (tertiary alicyclic amines) is 1. The molecule has 0 spiro atoms. The first-order valence-corrected chi connectivity index (χ1v) is 12.2. The van der Waals surface area contributed by atoms with E-state index in [1.807, 2.05) is 24.3 Å². The van der Waals surface area contributed by atoms with E-state index in [0.717, 1.165) is 49.4 Å². The maximum absolute atomic E-state index is 13.7. The number of halogens is 1. The average Bonchev–Trinajstić information content (AvgIpc) is 2.85. The molecule has 1 N–H and O–H groups in total. The molecule has 1 heterocycles. The van der Waals surface area contributed by atoms with E-state index in [1.54, 1.807) is 18.2 Å². The summed E-state index contributed by atoms with van der Waals surface area (Å²) in [6.45, 7) is 3.95. The van der Waals surface area contributed by atoms with Gasteiger partial charge >= 0.3 is 0 Å². The third-order valence-corrected chi connectivity index (χ3v) is 7.25. The molecule has 1 aliphatic heterocycles. The standard InChI is InChI=1S/C29H32FNO2/c30-23-11-8-21(9-12-23)25-14-10-22-20-24(32)13-15-26(22)29(25)27-6-2-3-7-28(27)33-19-18-31-16-4-1-5-17-31/h2-3,6-9,11-13,15,20,25,29,32H,1,4-5,10,14,16-19H2. The van der Waals surface area contributed by atoms with Gasteiger partial charge in [0.25, 0.3) is 0 Å². The Morgan fingerprint density at radius 1 is 0.909 bits per heavy atom. The second-order valence-corrected chi connectivity index (χ2v) is 9.35. The topological polar surface area (TPSA) is 32.7 Å². The first-order valence-electron chi connectivity index (χ1n) is 12.2. The highest BCUT2D eigenvalue weighted by atomic mass is 19.1. The predicted octanol–water partition coefficient (Wildman–Crippen LogP) is 6.26. The summed E-state index contributed by atoms with van der Waals surface area (Å²) in [7, 11) is 0. The van der Waals surface area contributed by atoms with Crippen molar-refractivity contribution in [3.05, 3.63) is 94.8 Å². The van der Waals surface area contributed by atoms with Crippen molar-refractivity contribution in [2.75, 3.05) is 26.2 Å². The van der Waals surface area contributed by atoms with E-state index >= 15 is 0 Å². The Bertz CT molecular complexity index is 1080. The first-order chi connectivity index (χ1) is 16.2. The highest BCUT2D eigenvalue weighted by Crippen LogP contribution is 2.49. The van der Waals surface area contributed by atoms with Gasteiger partial charge < -0.3 is 9.84 Å². The Balaban J connectivity index is 1.47. The van der Waals surface area contributed by atoms with Gasteiger partial charge in [0.1, 0.15) is 23.9 Å². The van der Waals surface area contributed by atoms with Crippen LogP contribution < -0.4 is 4.74 Å². The maximum atomic E-state index is 13.7. The summed E-state index contributed by atoms with van der Waals surface area (Å²) in [5.74, 6) is 1.32. The molecule has 2 unspecified atom stereocenters. The van der Waals surface area contributed by atoms with Crippen LogP contribution in [0.25, 0.3) is 0 Å². The average molecular weight is 446 g/mol. The molecule has 2 atom stereocenters. The van der Waals surface area contributed by atoms with Crippen LogP contribution in [0.4, 0.5) is 4.39 Å². The molecule has 5 rings (SSSR count). The van der Waals surface area contributed by atoms with Crippen molar-refractivity contribution in [2.45, 2.75) is 43.9 Å². The lowest BCUT2D eigenvalue weighted by atomic mass is 9.69. The second-order valence-electron chi connectivity index (χ2n) is 9.35. The molecule has 1 fully saturated rings. The molecule has 33 heavy (non-hydrogen) atoms. The van der Waals surface area contributed by atoms with E-state index in [1.165, 1.54) is 30.4 Å². The highest BCUT2D eigenvalue weighted by Gasteiger charge is 2.34. The number of nitrogens with zero attached hydrogens (tertiary/aromatic N) is 1. The summed E-state index contributed by atoms with van der Waals surface area (Å²) in [4.78, 5) is 2.49. The highest BCUT2D eigenvalue weighted by molar-refractivity contribution is 5.51. The molecule has 0 saturated carbocycles. The lowest BCUT2D eigenvalue weighted by Crippen LogP contribution is -2.33. The van der Waals surface area contributed by atoms with Gasteiger partial charge in [0, 0.05) is 18.0 Å². The largest absolute Gasteiger partial charge is 0.508 e. The molecule has 4 heteroatoms. The number of para-hydroxylation sites is 1. The van der Waals surface area contributed by atoms with Crippen molar-refractivity contribution in [3.8, 4) is 11.5 Å². The van der Waals surface area contributed by atoms with Crippen molar-refractivity contribution in [3.63, 3.8) is 0 Å². The van der Waals surface area contributed by atoms with E-state index in [4.69, 9.17) is 4.74 Å². The van der Waals surface area contributed by atoms with Crippen LogP contribution in [-0.4, -0.2) is 36.2 Å². The summed E-state index contributed by atoms with van der Waals surface area (Å²) in [5, 5.41) is 10.1. The molecule has 0 radical (unpaired) electrons. The van der Waals surface area contributed by atoms with Gasteiger partial charge in [-0.25, -0.2) is 4.39 Å². The van der Waals surface area contributed by atoms with Gasteiger partial charge in [-0.3, -0.25) is 4.90 Å². The molecular formula is C29H32FNO2. The number of aryl methyl sites for hydroxylation is 1. The van der Waals surface area contributed by atoms with Crippen LogP contribution in [0.1, 0.15) is 59.8 Å². The Kier molecular flexibility index (Phi) is 6.63. The number of hydrogen-bond donors (Lipinski definition) is 1. The fourth-order valence-corrected chi connectivity index (χ4v) is 5.60. The Hall–Kier alpha value is -2.85. The van der Waals surface area contributed by atoms with Gasteiger partial charge in [-0.1, -0.05) is 42.8 Å². The number of fused-ring (bicyclic) bond motifs is 1. The molecule has 0 amide bonds. The number of piperidine rings is 1. The first kappa shape index (κ1) is 22.0. The number of benzene rings is 3. The molecule has 3 nitrogen and oxygen atoms in total. The van der Waals surface area contributed by atoms with Crippen molar-refractivity contribution in [1.29, 1.82) is 0 Å². The summed E-state index contributed by atoms with van der Waals surface area (Å²) in [6.07, 6.45) is 5.72. The molecule has 1 saturated heterocycles. The molecule has 2 aliphatic rings. The fourth-order valence-electron chi connectivity index (χ4n) is 5.60. The van der Waals surface area contributed by atoms with Crippen LogP contribution in [0.3, 0.4) is 0 Å². The maximum Gasteiger partial charge on any atom is 0.123 e. The smallest absolute Gasteiger partial charge is 0.123 e. The molecular weight excluding hydrogens is 413 g/mol. The van der Waals surface area contributed by atoms with E-state index < -0.39 is 0 Å². The third-order valence-electron chi connectivity index (χ3n) is 7.25. The molecule has 0 aromatic heterocycles. The third kappa shape index (κ3) is 4.91. The quantitative estimate of drug-likeness (QED) is 0.486. The molecule has 1 aliphatic carbocycles. The van der Waals surface area contributed by atoms with Crippen molar-refractivity contribution >= 4 is 0 Å². The zero-order chi connectivity index (χ0) is 22.6. The van der Waals surface area contributed by atoms with Gasteiger partial charge in [-0.05, 0) is 91.7 Å². The number of rotatable bonds is 6. The van der Waals surface area contributed by atoms with Crippen LogP contribution in [0, 0.1) is 5.82 Å². The zero-order valence-electron chi connectivity index (χ0n) is 19.1. The van der Waals surface area contributed by atoms with E-state index in [0.29, 0.717) is 12.4 Å². The summed E-state index contributed by atoms with van der Waals surface area (Å²) in [6, 6.07) is 21.0. The van der Waals surface area contributed by atoms with Crippen LogP contribution >= 0.6 is 0 Å². The number of ether oxygens (including phenoxy) is 1. The lowest BCUT2D eigenvalue weighted by Gasteiger charge is -2.35. The van der Waals surface area contributed by atoms with E-state index in [-0.39, 0.29) is 17.7 Å². The second kappa shape index (κ2) is 9.96. The van der Waals surface area contributed by atoms with E-state index in [9.17, 15) is 9.50 Å². The number of phenols is 1. The SMILES string of the molecule is Oc1ccc2c(c1)CCC(c1ccc(F)cc1)C2c1ccccc1OCCN1CCCCC1. The lowest BCUT2D eigenvalue weighted by molar-refractivity contribution is 0.182. The van der Waals surface area contributed by atoms with Gasteiger partial charge in [-0.15, -0.1) is 0 Å². The summed E-state index contributed by atoms with van der Waals surface area (Å²) < 4.78 is 20.0. The minimum absolute atomic E-state index is 0.0889. The fraction of sp³-hybridized carbons (Fsp3) is 0.379. The van der Waals surface area contributed by atoms with Gasteiger partial charge in [0.05, 0.1) is 0 Å². The van der Waals surface area contributed by atoms with Crippen LogP contribution in [0.15, 0.2) is 66.7 Å². The van der Waals surface area contributed by atoms with Crippen LogP contribution in [0.2, 0.25) is 0 Å². The minimum Gasteiger partial charge on any atom is -0.508 e. The van der Waals surface area contributed by atoms with Crippen LogP contribution in [-0.2, 0) is 6.42 Å². The summed E-state index contributed by atoms with van der Waals surface area (Å²) in [5.41, 5.74) is 4.71. The van der Waals surface area contributed by atoms with Crippen LogP contribution in [0.5, 0.6) is 11.5 Å². The zero-order valence-corrected chi connectivity index (χ0v) is 19.1. The Morgan fingerprint density at radius 3 is 2.52 bits per heavy atom. The molecule has 0 bridgehead atoms. The summed E-state index contributed by atoms with van der Waals surface area (Å²) >= 11 is 0. The number of phenolic OH excluding ortho intramolecular Hbond substituents is 1. The number of hydrogen-bond acceptors (Lipinski definition) is 3. The molecule has 3 aromatic carbocycles. The van der Waals surface area contributed by atoms with Crippen molar-refractivity contribution in [1.82, 2.24) is 4.90 Å². The van der Waals surface area contributed by atoms with Gasteiger partial charge in [-0.2, -0.15) is 0 Å². The van der Waals surface area contributed by atoms with Crippen molar-refractivity contribution < 1.29 is 14.2 Å². The van der Waals surface area contributed by atoms with Gasteiger partial charge in [0.15, 0.2) is 0 Å². The number of aromatic hydroxyl groups is 1. The van der Waals surface area contributed by atoms with E-state index in [2.05, 4.69) is 29.2 Å². The van der Waals surface area contributed by atoms with Gasteiger partial charge in [0.2, 0.25) is 0 Å². The minimum atomic E-state index is -0.210. The van der Waals surface area contributed by atoms with Crippen molar-refractivity contribution in [2.24, 2.45) is 0 Å². The predicted molar refractivity (Wildman–Crippen MR) is 130 cm³/mol. The Morgan fingerprint density at radius 2 is 1.70 bits per heavy atom. The molecule has 172 valence electrons. The Labute approximate surface area is 195 Å².